The van der Waals surface area contributed by atoms with Gasteiger partial charge in [0, 0.05) is 18.7 Å². The molecule has 0 radical (unpaired) electrons. The van der Waals surface area contributed by atoms with Gasteiger partial charge < -0.3 is 10.1 Å². The van der Waals surface area contributed by atoms with E-state index in [-0.39, 0.29) is 0 Å². The van der Waals surface area contributed by atoms with Crippen LogP contribution in [0, 0.1) is 0 Å². The molecule has 2 heteroatoms. The summed E-state index contributed by atoms with van der Waals surface area (Å²) in [6, 6.07) is 10.2. The fourth-order valence-electron chi connectivity index (χ4n) is 2.79. The number of hydrogen-bond acceptors (Lipinski definition) is 2. The summed E-state index contributed by atoms with van der Waals surface area (Å²) >= 11 is 0. The Bertz CT molecular complexity index is 367. The fourth-order valence-corrected chi connectivity index (χ4v) is 2.79. The zero-order valence-electron chi connectivity index (χ0n) is 12.5. The number of hydrogen-bond donors (Lipinski definition) is 1. The first-order chi connectivity index (χ1) is 9.26. The number of benzene rings is 1. The normalized spacial score (nSPS) is 23.9. The summed E-state index contributed by atoms with van der Waals surface area (Å²) in [5.74, 6) is 0. The van der Waals surface area contributed by atoms with Crippen molar-refractivity contribution in [3.05, 3.63) is 35.4 Å². The van der Waals surface area contributed by atoms with Gasteiger partial charge in [-0.3, -0.25) is 0 Å². The summed E-state index contributed by atoms with van der Waals surface area (Å²) in [6.45, 7) is 7.37. The lowest BCUT2D eigenvalue weighted by molar-refractivity contribution is -0.0126. The molecule has 0 aliphatic heterocycles. The number of nitrogens with one attached hydrogen (secondary N) is 1. The van der Waals surface area contributed by atoms with Crippen LogP contribution in [0.25, 0.3) is 0 Å². The lowest BCUT2D eigenvalue weighted by atomic mass is 9.87. The molecule has 19 heavy (non-hydrogen) atoms. The minimum absolute atomic E-state index is 0.485. The largest absolute Gasteiger partial charge is 0.378 e. The molecule has 2 rings (SSSR count). The Morgan fingerprint density at radius 3 is 2.37 bits per heavy atom. The van der Waals surface area contributed by atoms with Crippen LogP contribution >= 0.6 is 0 Å². The van der Waals surface area contributed by atoms with Crippen LogP contribution in [-0.2, 0) is 11.2 Å². The first-order valence-corrected chi connectivity index (χ1v) is 7.73. The second-order valence-electron chi connectivity index (χ2n) is 5.47. The Balaban J connectivity index is 1.86. The van der Waals surface area contributed by atoms with Gasteiger partial charge in [-0.15, -0.1) is 0 Å². The minimum atomic E-state index is 0.485. The molecule has 0 amide bonds. The zero-order valence-corrected chi connectivity index (χ0v) is 12.5. The maximum Gasteiger partial charge on any atom is 0.0604 e. The van der Waals surface area contributed by atoms with Gasteiger partial charge in [0.1, 0.15) is 0 Å². The highest BCUT2D eigenvalue weighted by Crippen LogP contribution is 2.27. The Labute approximate surface area is 117 Å². The summed E-state index contributed by atoms with van der Waals surface area (Å²) in [5, 5.41) is 3.77. The number of rotatable bonds is 7. The molecule has 0 aromatic heterocycles. The van der Waals surface area contributed by atoms with E-state index >= 15 is 0 Å². The van der Waals surface area contributed by atoms with Crippen molar-refractivity contribution in [3.8, 4) is 0 Å². The van der Waals surface area contributed by atoms with Crippen LogP contribution in [0.15, 0.2) is 24.3 Å². The molecule has 2 nitrogen and oxygen atoms in total. The highest BCUT2D eigenvalue weighted by Gasteiger charge is 2.30. The second kappa shape index (κ2) is 7.06. The van der Waals surface area contributed by atoms with Crippen molar-refractivity contribution < 1.29 is 4.74 Å². The van der Waals surface area contributed by atoms with Crippen LogP contribution in [-0.4, -0.2) is 18.8 Å². The Morgan fingerprint density at radius 2 is 1.84 bits per heavy atom. The van der Waals surface area contributed by atoms with Gasteiger partial charge in [-0.2, -0.15) is 0 Å². The fraction of sp³-hybridized carbons (Fsp3) is 0.647. The summed E-state index contributed by atoms with van der Waals surface area (Å²) in [7, 11) is 0. The van der Waals surface area contributed by atoms with Gasteiger partial charge in [0.25, 0.3) is 0 Å². The van der Waals surface area contributed by atoms with Gasteiger partial charge in [-0.25, -0.2) is 0 Å². The Morgan fingerprint density at radius 1 is 1.16 bits per heavy atom. The average molecular weight is 261 g/mol. The Hall–Kier alpha value is -0.860. The molecule has 0 heterocycles. The third-order valence-electron chi connectivity index (χ3n) is 4.13. The van der Waals surface area contributed by atoms with Crippen LogP contribution in [0.3, 0.4) is 0 Å². The predicted octanol–water partition coefficient (Wildman–Crippen LogP) is 3.86. The smallest absolute Gasteiger partial charge is 0.0604 e. The molecular formula is C17H27NO. The van der Waals surface area contributed by atoms with Crippen molar-refractivity contribution in [3.63, 3.8) is 0 Å². The number of ether oxygens (including phenoxy) is 1. The van der Waals surface area contributed by atoms with E-state index < -0.39 is 0 Å². The topological polar surface area (TPSA) is 21.3 Å². The molecule has 1 aliphatic rings. The molecule has 0 bridgehead atoms. The van der Waals surface area contributed by atoms with Gasteiger partial charge in [0.05, 0.1) is 6.10 Å². The van der Waals surface area contributed by atoms with Crippen LogP contribution in [0.2, 0.25) is 0 Å². The van der Waals surface area contributed by atoms with E-state index in [1.807, 2.05) is 0 Å². The van der Waals surface area contributed by atoms with Crippen molar-refractivity contribution in [2.45, 2.75) is 64.6 Å². The third-order valence-corrected chi connectivity index (χ3v) is 4.13. The molecule has 1 fully saturated rings. The van der Waals surface area contributed by atoms with E-state index in [9.17, 15) is 0 Å². The molecule has 1 aliphatic carbocycles. The summed E-state index contributed by atoms with van der Waals surface area (Å²) in [6.07, 6.45) is 5.07. The molecule has 1 saturated carbocycles. The van der Waals surface area contributed by atoms with Crippen molar-refractivity contribution in [1.82, 2.24) is 5.32 Å². The quantitative estimate of drug-likeness (QED) is 0.805. The maximum absolute atomic E-state index is 5.62. The summed E-state index contributed by atoms with van der Waals surface area (Å²) in [5.41, 5.74) is 2.83. The molecule has 1 N–H and O–H groups in total. The average Bonchev–Trinajstić information content (AvgIpc) is 2.41. The van der Waals surface area contributed by atoms with Crippen molar-refractivity contribution in [2.75, 3.05) is 6.61 Å². The van der Waals surface area contributed by atoms with Crippen LogP contribution in [0.1, 0.15) is 57.2 Å². The van der Waals surface area contributed by atoms with Crippen LogP contribution in [0.4, 0.5) is 0 Å². The van der Waals surface area contributed by atoms with Gasteiger partial charge >= 0.3 is 0 Å². The monoisotopic (exact) mass is 261 g/mol. The lowest BCUT2D eigenvalue weighted by Gasteiger charge is -2.38. The molecule has 0 saturated heterocycles. The van der Waals surface area contributed by atoms with Gasteiger partial charge in [0.15, 0.2) is 0 Å². The maximum atomic E-state index is 5.62. The van der Waals surface area contributed by atoms with E-state index in [1.165, 1.54) is 11.1 Å². The second-order valence-corrected chi connectivity index (χ2v) is 5.47. The predicted molar refractivity (Wildman–Crippen MR) is 80.4 cm³/mol. The van der Waals surface area contributed by atoms with Crippen LogP contribution in [0.5, 0.6) is 0 Å². The molecule has 0 spiro atoms. The highest BCUT2D eigenvalue weighted by atomic mass is 16.5. The van der Waals surface area contributed by atoms with E-state index in [2.05, 4.69) is 50.4 Å². The van der Waals surface area contributed by atoms with E-state index in [0.717, 1.165) is 32.3 Å². The first-order valence-electron chi connectivity index (χ1n) is 7.73. The molecule has 106 valence electrons. The third kappa shape index (κ3) is 3.80. The Kier molecular flexibility index (Phi) is 5.41. The van der Waals surface area contributed by atoms with Crippen molar-refractivity contribution >= 4 is 0 Å². The lowest BCUT2D eigenvalue weighted by Crippen LogP contribution is -2.46. The number of aryl methyl sites for hydroxylation is 1. The molecule has 1 unspecified atom stereocenters. The highest BCUT2D eigenvalue weighted by molar-refractivity contribution is 5.25. The van der Waals surface area contributed by atoms with Crippen molar-refractivity contribution in [2.24, 2.45) is 0 Å². The molecule has 1 aromatic rings. The van der Waals surface area contributed by atoms with Crippen molar-refractivity contribution in [1.29, 1.82) is 0 Å². The summed E-state index contributed by atoms with van der Waals surface area (Å²) in [4.78, 5) is 0. The van der Waals surface area contributed by atoms with Gasteiger partial charge in [0.2, 0.25) is 0 Å². The SMILES string of the molecule is CCOC1CC(NC(CC)c2ccc(CC)cc2)C1. The van der Waals surface area contributed by atoms with E-state index in [1.54, 1.807) is 0 Å². The van der Waals surface area contributed by atoms with E-state index in [4.69, 9.17) is 4.74 Å². The molecule has 1 aromatic carbocycles. The van der Waals surface area contributed by atoms with E-state index in [0.29, 0.717) is 18.2 Å². The van der Waals surface area contributed by atoms with Crippen LogP contribution < -0.4 is 5.32 Å². The standard InChI is InChI=1S/C17H27NO/c1-4-13-7-9-14(10-8-13)17(5-2)18-15-11-16(12-15)19-6-3/h7-10,15-18H,4-6,11-12H2,1-3H3. The first kappa shape index (κ1) is 14.5. The van der Waals surface area contributed by atoms with Gasteiger partial charge in [-0.1, -0.05) is 38.1 Å². The van der Waals surface area contributed by atoms with Gasteiger partial charge in [-0.05, 0) is 43.7 Å². The molecule has 1 atom stereocenters. The summed E-state index contributed by atoms with van der Waals surface area (Å²) < 4.78 is 5.62. The zero-order chi connectivity index (χ0) is 13.7. The molecular weight excluding hydrogens is 234 g/mol. The minimum Gasteiger partial charge on any atom is -0.378 e.